The summed E-state index contributed by atoms with van der Waals surface area (Å²) in [5.41, 5.74) is 21.8. The molecule has 18 heteroatoms. The molecule has 0 aromatic rings. The minimum Gasteiger partial charge on any atom is -0.480 e. The van der Waals surface area contributed by atoms with E-state index in [0.29, 0.717) is 0 Å². The average molecular weight is 592 g/mol. The largest absolute Gasteiger partial charge is 0.480 e. The lowest BCUT2D eigenvalue weighted by Crippen LogP contribution is -2.60. The molecule has 0 aromatic carbocycles. The van der Waals surface area contributed by atoms with Gasteiger partial charge in [0.2, 0.25) is 29.5 Å². The van der Waals surface area contributed by atoms with Crippen molar-refractivity contribution in [2.75, 3.05) is 18.1 Å². The van der Waals surface area contributed by atoms with Crippen molar-refractivity contribution in [1.29, 1.82) is 0 Å². The van der Waals surface area contributed by atoms with Gasteiger partial charge in [0, 0.05) is 18.1 Å². The molecule has 13 N–H and O–H groups in total. The molecule has 0 saturated carbocycles. The SMILES string of the molecule is CC(C)[C@@H]1NC(=O)[C@H](CC(N)=O)NC(=O)[C@H](N)CSSC[C@H](C(=O)O)NC(=O)[C@H](CCCN=C(N)N)NC1=O. The lowest BCUT2D eigenvalue weighted by atomic mass is 10.0. The van der Waals surface area contributed by atoms with Crippen LogP contribution >= 0.6 is 21.6 Å². The lowest BCUT2D eigenvalue weighted by molar-refractivity contribution is -0.141. The number of carbonyl (C=O) groups is 6. The number of nitrogens with one attached hydrogen (secondary N) is 4. The Morgan fingerprint density at radius 1 is 0.923 bits per heavy atom. The zero-order valence-electron chi connectivity index (χ0n) is 21.7. The quantitative estimate of drug-likeness (QED) is 0.0571. The van der Waals surface area contributed by atoms with Crippen molar-refractivity contribution < 1.29 is 33.9 Å². The van der Waals surface area contributed by atoms with Gasteiger partial charge in [-0.15, -0.1) is 0 Å². The molecule has 1 saturated heterocycles. The van der Waals surface area contributed by atoms with Gasteiger partial charge in [0.25, 0.3) is 0 Å². The number of rotatable bonds is 8. The summed E-state index contributed by atoms with van der Waals surface area (Å²) in [7, 11) is 2.14. The minimum atomic E-state index is -1.40. The van der Waals surface area contributed by atoms with E-state index >= 15 is 0 Å². The summed E-state index contributed by atoms with van der Waals surface area (Å²) in [4.78, 5) is 79.0. The van der Waals surface area contributed by atoms with Crippen LogP contribution in [0.1, 0.15) is 33.1 Å². The minimum absolute atomic E-state index is 0.0315. The number of aliphatic imine (C=N–C) groups is 1. The molecule has 5 atom stereocenters. The van der Waals surface area contributed by atoms with Crippen molar-refractivity contribution in [2.45, 2.75) is 63.3 Å². The maximum atomic E-state index is 13.2. The normalized spacial score (nSPS) is 25.9. The van der Waals surface area contributed by atoms with Crippen LogP contribution in [0.4, 0.5) is 0 Å². The van der Waals surface area contributed by atoms with Crippen LogP contribution in [-0.4, -0.2) is 94.8 Å². The molecule has 1 rings (SSSR count). The highest BCUT2D eigenvalue weighted by Crippen LogP contribution is 2.23. The number of carbonyl (C=O) groups excluding carboxylic acids is 5. The van der Waals surface area contributed by atoms with Crippen molar-refractivity contribution in [3.63, 3.8) is 0 Å². The number of guanidine groups is 1. The first-order valence-corrected chi connectivity index (χ1v) is 14.5. The summed E-state index contributed by atoms with van der Waals surface area (Å²) >= 11 is 0. The fourth-order valence-corrected chi connectivity index (χ4v) is 5.55. The number of hydrogen-bond donors (Lipinski definition) is 9. The number of nitrogens with two attached hydrogens (primary N) is 4. The van der Waals surface area contributed by atoms with Crippen molar-refractivity contribution in [3.05, 3.63) is 0 Å². The van der Waals surface area contributed by atoms with Gasteiger partial charge in [-0.2, -0.15) is 0 Å². The second-order valence-electron chi connectivity index (χ2n) is 9.05. The Balaban J connectivity index is 3.33. The van der Waals surface area contributed by atoms with Crippen molar-refractivity contribution in [1.82, 2.24) is 21.3 Å². The van der Waals surface area contributed by atoms with Gasteiger partial charge >= 0.3 is 5.97 Å². The Bertz CT molecular complexity index is 947. The summed E-state index contributed by atoms with van der Waals surface area (Å²) in [6, 6.07) is -6.21. The van der Waals surface area contributed by atoms with Gasteiger partial charge in [0.15, 0.2) is 5.96 Å². The van der Waals surface area contributed by atoms with E-state index in [0.717, 1.165) is 21.6 Å². The Morgan fingerprint density at radius 2 is 1.51 bits per heavy atom. The van der Waals surface area contributed by atoms with Crippen LogP contribution < -0.4 is 44.2 Å². The topological polar surface area (TPSA) is 287 Å². The molecule has 0 spiro atoms. The standard InChI is InChI=1S/C21H37N9O7S2/c1-9(2)15-19(35)27-11(4-3-5-26-21(24)25)17(33)29-13(20(36)37)8-39-38-7-10(22)16(32)28-12(6-14(23)31)18(34)30-15/h9-13,15H,3-8,22H2,1-2H3,(H2,23,31)(H,27,35)(H,28,32)(H,29,33)(H,30,34)(H,36,37)(H4,24,25,26)/t10-,11+,12+,13-,15+/m1/s1. The molecule has 1 aliphatic rings. The third-order valence-electron chi connectivity index (χ3n) is 5.38. The fourth-order valence-electron chi connectivity index (χ4n) is 3.27. The van der Waals surface area contributed by atoms with Crippen LogP contribution in [0.3, 0.4) is 0 Å². The molecule has 39 heavy (non-hydrogen) atoms. The maximum absolute atomic E-state index is 13.2. The first-order chi connectivity index (χ1) is 18.2. The molecule has 5 amide bonds. The van der Waals surface area contributed by atoms with Gasteiger partial charge in [0.1, 0.15) is 24.2 Å². The zero-order chi connectivity index (χ0) is 29.7. The van der Waals surface area contributed by atoms with E-state index in [9.17, 15) is 33.9 Å². The third kappa shape index (κ3) is 12.4. The van der Waals surface area contributed by atoms with E-state index in [4.69, 9.17) is 22.9 Å². The predicted octanol–water partition coefficient (Wildman–Crippen LogP) is -3.68. The number of amides is 5. The van der Waals surface area contributed by atoms with E-state index in [2.05, 4.69) is 26.3 Å². The fraction of sp³-hybridized carbons (Fsp3) is 0.667. The molecule has 1 fully saturated rings. The molecular formula is C21H37N9O7S2. The van der Waals surface area contributed by atoms with Crippen LogP contribution in [0.15, 0.2) is 4.99 Å². The van der Waals surface area contributed by atoms with Gasteiger partial charge in [0.05, 0.1) is 12.5 Å². The molecule has 16 nitrogen and oxygen atoms in total. The second kappa shape index (κ2) is 16.7. The average Bonchev–Trinajstić information content (AvgIpc) is 2.83. The van der Waals surface area contributed by atoms with Crippen molar-refractivity contribution in [2.24, 2.45) is 33.8 Å². The van der Waals surface area contributed by atoms with Crippen LogP contribution in [0.25, 0.3) is 0 Å². The molecular weight excluding hydrogens is 554 g/mol. The van der Waals surface area contributed by atoms with E-state index < -0.39 is 78.1 Å². The van der Waals surface area contributed by atoms with E-state index in [1.807, 2.05) is 0 Å². The first-order valence-electron chi connectivity index (χ1n) is 12.0. The summed E-state index contributed by atoms with van der Waals surface area (Å²) in [6.07, 6.45) is -0.229. The Morgan fingerprint density at radius 3 is 2.08 bits per heavy atom. The smallest absolute Gasteiger partial charge is 0.327 e. The Hall–Kier alpha value is -3.25. The highest BCUT2D eigenvalue weighted by molar-refractivity contribution is 8.76. The first kappa shape index (κ1) is 33.8. The second-order valence-corrected chi connectivity index (χ2v) is 11.6. The zero-order valence-corrected chi connectivity index (χ0v) is 23.3. The lowest BCUT2D eigenvalue weighted by Gasteiger charge is -2.27. The summed E-state index contributed by atoms with van der Waals surface area (Å²) < 4.78 is 0. The molecule has 0 aliphatic carbocycles. The Kier molecular flexibility index (Phi) is 14.4. The maximum Gasteiger partial charge on any atom is 0.327 e. The molecule has 1 aliphatic heterocycles. The molecule has 0 unspecified atom stereocenters. The number of carboxylic acid groups (broad SMARTS) is 1. The van der Waals surface area contributed by atoms with Gasteiger partial charge in [-0.1, -0.05) is 35.4 Å². The molecule has 0 bridgehead atoms. The van der Waals surface area contributed by atoms with Crippen molar-refractivity contribution >= 4 is 63.1 Å². The third-order valence-corrected chi connectivity index (χ3v) is 7.83. The van der Waals surface area contributed by atoms with Gasteiger partial charge in [-0.05, 0) is 18.8 Å². The summed E-state index contributed by atoms with van der Waals surface area (Å²) in [5.74, 6) is -5.97. The van der Waals surface area contributed by atoms with Gasteiger partial charge in [-0.3, -0.25) is 29.0 Å². The van der Waals surface area contributed by atoms with Crippen LogP contribution in [0.5, 0.6) is 0 Å². The number of aliphatic carboxylic acids is 1. The molecule has 220 valence electrons. The predicted molar refractivity (Wildman–Crippen MR) is 147 cm³/mol. The van der Waals surface area contributed by atoms with Crippen LogP contribution in [0.2, 0.25) is 0 Å². The monoisotopic (exact) mass is 591 g/mol. The highest BCUT2D eigenvalue weighted by Gasteiger charge is 2.33. The highest BCUT2D eigenvalue weighted by atomic mass is 33.1. The molecule has 0 radical (unpaired) electrons. The number of nitrogens with zero attached hydrogens (tertiary/aromatic N) is 1. The van der Waals surface area contributed by atoms with E-state index in [1.165, 1.54) is 0 Å². The molecule has 0 aromatic heterocycles. The summed E-state index contributed by atoms with van der Waals surface area (Å²) in [5, 5.41) is 19.4. The number of primary amides is 1. The van der Waals surface area contributed by atoms with Gasteiger partial charge in [-0.25, -0.2) is 4.79 Å². The van der Waals surface area contributed by atoms with Gasteiger partial charge < -0.3 is 49.3 Å². The van der Waals surface area contributed by atoms with E-state index in [-0.39, 0.29) is 36.9 Å². The summed E-state index contributed by atoms with van der Waals surface area (Å²) in [6.45, 7) is 3.41. The van der Waals surface area contributed by atoms with Crippen LogP contribution in [-0.2, 0) is 28.8 Å². The van der Waals surface area contributed by atoms with E-state index in [1.54, 1.807) is 13.8 Å². The number of hydrogen-bond acceptors (Lipinski definition) is 10. The Labute approximate surface area is 233 Å². The van der Waals surface area contributed by atoms with Crippen molar-refractivity contribution in [3.8, 4) is 0 Å². The molecule has 1 heterocycles. The number of carboxylic acids is 1. The van der Waals surface area contributed by atoms with Crippen LogP contribution in [0, 0.1) is 5.92 Å².